The van der Waals surface area contributed by atoms with Crippen molar-refractivity contribution in [2.75, 3.05) is 17.7 Å². The third kappa shape index (κ3) is 6.54. The molecular weight excluding hydrogens is 410 g/mol. The number of hydrogen-bond donors (Lipinski definition) is 1. The SMILES string of the molecule is CC(C)Sc1nnc(NC(=O)c2ccc(OCCSc3ccccc3)cc2)s1. The van der Waals surface area contributed by atoms with Gasteiger partial charge in [0.2, 0.25) is 5.13 Å². The van der Waals surface area contributed by atoms with Crippen molar-refractivity contribution in [2.45, 2.75) is 28.3 Å². The fourth-order valence-corrected chi connectivity index (χ4v) is 4.94. The number of rotatable bonds is 9. The summed E-state index contributed by atoms with van der Waals surface area (Å²) in [7, 11) is 0. The van der Waals surface area contributed by atoms with E-state index in [9.17, 15) is 4.79 Å². The molecule has 0 spiro atoms. The summed E-state index contributed by atoms with van der Waals surface area (Å²) in [6.45, 7) is 4.79. The highest BCUT2D eigenvalue weighted by molar-refractivity contribution is 8.01. The Kier molecular flexibility index (Phi) is 7.76. The van der Waals surface area contributed by atoms with Crippen LogP contribution >= 0.6 is 34.9 Å². The van der Waals surface area contributed by atoms with Crippen LogP contribution in [0, 0.1) is 0 Å². The minimum absolute atomic E-state index is 0.205. The molecule has 3 aromatic rings. The van der Waals surface area contributed by atoms with Crippen LogP contribution in [0.15, 0.2) is 63.8 Å². The van der Waals surface area contributed by atoms with E-state index in [0.717, 1.165) is 15.8 Å². The maximum absolute atomic E-state index is 12.4. The number of carbonyl (C=O) groups is 1. The minimum atomic E-state index is -0.205. The zero-order valence-corrected chi connectivity index (χ0v) is 18.1. The molecule has 0 aliphatic rings. The Balaban J connectivity index is 1.45. The van der Waals surface area contributed by atoms with Crippen molar-refractivity contribution < 1.29 is 9.53 Å². The molecule has 0 saturated heterocycles. The highest BCUT2D eigenvalue weighted by Gasteiger charge is 2.11. The molecule has 0 radical (unpaired) electrons. The first-order chi connectivity index (χ1) is 13.6. The van der Waals surface area contributed by atoms with E-state index in [1.165, 1.54) is 16.2 Å². The van der Waals surface area contributed by atoms with Gasteiger partial charge in [0.25, 0.3) is 5.91 Å². The van der Waals surface area contributed by atoms with E-state index in [1.54, 1.807) is 35.7 Å². The van der Waals surface area contributed by atoms with Gasteiger partial charge in [0, 0.05) is 21.5 Å². The highest BCUT2D eigenvalue weighted by atomic mass is 32.2. The quantitative estimate of drug-likeness (QED) is 0.276. The van der Waals surface area contributed by atoms with Gasteiger partial charge in [-0.1, -0.05) is 55.1 Å². The molecule has 146 valence electrons. The molecule has 0 unspecified atom stereocenters. The van der Waals surface area contributed by atoms with Gasteiger partial charge in [-0.3, -0.25) is 10.1 Å². The Labute approximate surface area is 177 Å². The standard InChI is InChI=1S/C20H21N3O2S3/c1-14(2)27-20-23-22-19(28-20)21-18(24)15-8-10-16(11-9-15)25-12-13-26-17-6-4-3-5-7-17/h3-11,14H,12-13H2,1-2H3,(H,21,22,24). The zero-order valence-electron chi connectivity index (χ0n) is 15.6. The Morgan fingerprint density at radius 1 is 1.11 bits per heavy atom. The molecule has 2 aromatic carbocycles. The van der Waals surface area contributed by atoms with Crippen LogP contribution in [0.1, 0.15) is 24.2 Å². The normalized spacial score (nSPS) is 10.8. The second-order valence-electron chi connectivity index (χ2n) is 6.03. The number of carbonyl (C=O) groups excluding carboxylic acids is 1. The van der Waals surface area contributed by atoms with Gasteiger partial charge in [-0.2, -0.15) is 0 Å². The molecule has 1 amide bonds. The summed E-state index contributed by atoms with van der Waals surface area (Å²) in [4.78, 5) is 13.6. The summed E-state index contributed by atoms with van der Waals surface area (Å²) in [5, 5.41) is 11.8. The Hall–Kier alpha value is -2.03. The van der Waals surface area contributed by atoms with Gasteiger partial charge in [-0.15, -0.1) is 22.0 Å². The molecule has 5 nitrogen and oxygen atoms in total. The lowest BCUT2D eigenvalue weighted by atomic mass is 10.2. The number of hydrogen-bond acceptors (Lipinski definition) is 7. The van der Waals surface area contributed by atoms with Crippen molar-refractivity contribution in [2.24, 2.45) is 0 Å². The van der Waals surface area contributed by atoms with E-state index < -0.39 is 0 Å². The Bertz CT molecular complexity index is 883. The Morgan fingerprint density at radius 3 is 2.57 bits per heavy atom. The number of anilines is 1. The largest absolute Gasteiger partial charge is 0.493 e. The summed E-state index contributed by atoms with van der Waals surface area (Å²) < 4.78 is 6.59. The number of thioether (sulfide) groups is 2. The molecule has 0 atom stereocenters. The fourth-order valence-electron chi connectivity index (χ4n) is 2.22. The topological polar surface area (TPSA) is 64.1 Å². The number of aromatic nitrogens is 2. The van der Waals surface area contributed by atoms with Crippen molar-refractivity contribution in [3.05, 3.63) is 60.2 Å². The Morgan fingerprint density at radius 2 is 1.86 bits per heavy atom. The van der Waals surface area contributed by atoms with E-state index in [2.05, 4.69) is 41.5 Å². The van der Waals surface area contributed by atoms with Gasteiger partial charge in [-0.25, -0.2) is 0 Å². The second-order valence-corrected chi connectivity index (χ2v) is 10.00. The fraction of sp³-hybridized carbons (Fsp3) is 0.250. The predicted octanol–water partition coefficient (Wildman–Crippen LogP) is 5.46. The molecule has 28 heavy (non-hydrogen) atoms. The lowest BCUT2D eigenvalue weighted by Gasteiger charge is -2.07. The van der Waals surface area contributed by atoms with Crippen LogP contribution in [0.5, 0.6) is 5.75 Å². The van der Waals surface area contributed by atoms with Crippen LogP contribution in [0.3, 0.4) is 0 Å². The number of nitrogens with zero attached hydrogens (tertiary/aromatic N) is 2. The lowest BCUT2D eigenvalue weighted by Crippen LogP contribution is -2.11. The van der Waals surface area contributed by atoms with Crippen molar-refractivity contribution in [3.8, 4) is 5.75 Å². The molecule has 8 heteroatoms. The van der Waals surface area contributed by atoms with E-state index in [1.807, 2.05) is 30.3 Å². The van der Waals surface area contributed by atoms with Gasteiger partial charge >= 0.3 is 0 Å². The van der Waals surface area contributed by atoms with Gasteiger partial charge < -0.3 is 4.74 Å². The third-order valence-corrected chi connectivity index (χ3v) is 6.35. The number of ether oxygens (including phenoxy) is 1. The molecule has 0 saturated carbocycles. The predicted molar refractivity (Wildman–Crippen MR) is 118 cm³/mol. The van der Waals surface area contributed by atoms with Gasteiger partial charge in [0.1, 0.15) is 5.75 Å². The first kappa shape index (κ1) is 20.7. The van der Waals surface area contributed by atoms with Crippen molar-refractivity contribution in [3.63, 3.8) is 0 Å². The number of nitrogens with one attached hydrogen (secondary N) is 1. The van der Waals surface area contributed by atoms with Crippen LogP contribution in [0.25, 0.3) is 0 Å². The van der Waals surface area contributed by atoms with E-state index >= 15 is 0 Å². The highest BCUT2D eigenvalue weighted by Crippen LogP contribution is 2.28. The van der Waals surface area contributed by atoms with Crippen LogP contribution < -0.4 is 10.1 Å². The molecule has 0 aliphatic carbocycles. The molecule has 0 bridgehead atoms. The molecular formula is C20H21N3O2S3. The molecule has 3 rings (SSSR count). The van der Waals surface area contributed by atoms with Gasteiger partial charge in [0.05, 0.1) is 6.61 Å². The lowest BCUT2D eigenvalue weighted by molar-refractivity contribution is 0.102. The van der Waals surface area contributed by atoms with Crippen molar-refractivity contribution in [1.29, 1.82) is 0 Å². The monoisotopic (exact) mass is 431 g/mol. The summed E-state index contributed by atoms with van der Waals surface area (Å²) >= 11 is 4.76. The molecule has 0 fully saturated rings. The first-order valence-electron chi connectivity index (χ1n) is 8.82. The molecule has 0 aliphatic heterocycles. The van der Waals surface area contributed by atoms with Gasteiger partial charge in [0.15, 0.2) is 4.34 Å². The van der Waals surface area contributed by atoms with E-state index in [0.29, 0.717) is 22.6 Å². The van der Waals surface area contributed by atoms with E-state index in [-0.39, 0.29) is 5.91 Å². The maximum atomic E-state index is 12.4. The average Bonchev–Trinajstić information content (AvgIpc) is 3.12. The van der Waals surface area contributed by atoms with E-state index in [4.69, 9.17) is 4.74 Å². The minimum Gasteiger partial charge on any atom is -0.493 e. The second kappa shape index (κ2) is 10.5. The van der Waals surface area contributed by atoms with Crippen molar-refractivity contribution >= 4 is 45.9 Å². The molecule has 1 N–H and O–H groups in total. The summed E-state index contributed by atoms with van der Waals surface area (Å²) in [6, 6.07) is 17.3. The summed E-state index contributed by atoms with van der Waals surface area (Å²) in [5.41, 5.74) is 0.555. The molecule has 1 aromatic heterocycles. The molecule has 1 heterocycles. The average molecular weight is 432 g/mol. The van der Waals surface area contributed by atoms with Crippen molar-refractivity contribution in [1.82, 2.24) is 10.2 Å². The van der Waals surface area contributed by atoms with Gasteiger partial charge in [-0.05, 0) is 36.4 Å². The van der Waals surface area contributed by atoms with Crippen LogP contribution in [-0.4, -0.2) is 33.7 Å². The summed E-state index contributed by atoms with van der Waals surface area (Å²) in [5.74, 6) is 1.40. The van der Waals surface area contributed by atoms with Crippen LogP contribution in [0.4, 0.5) is 5.13 Å². The summed E-state index contributed by atoms with van der Waals surface area (Å²) in [6.07, 6.45) is 0. The number of amides is 1. The van der Waals surface area contributed by atoms with Crippen LogP contribution in [0.2, 0.25) is 0 Å². The zero-order chi connectivity index (χ0) is 19.8. The van der Waals surface area contributed by atoms with Crippen LogP contribution in [-0.2, 0) is 0 Å². The first-order valence-corrected chi connectivity index (χ1v) is 11.5. The maximum Gasteiger partial charge on any atom is 0.257 e. The third-order valence-electron chi connectivity index (χ3n) is 3.44. The smallest absolute Gasteiger partial charge is 0.257 e. The number of benzene rings is 2.